The first-order chi connectivity index (χ1) is 14.0. The predicted molar refractivity (Wildman–Crippen MR) is 104 cm³/mol. The number of furan rings is 1. The molecule has 0 saturated heterocycles. The summed E-state index contributed by atoms with van der Waals surface area (Å²) in [5.74, 6) is 0.0525. The van der Waals surface area contributed by atoms with Crippen molar-refractivity contribution in [2.75, 3.05) is 0 Å². The molecule has 4 atom stereocenters. The van der Waals surface area contributed by atoms with Crippen molar-refractivity contribution in [1.29, 1.82) is 0 Å². The summed E-state index contributed by atoms with van der Waals surface area (Å²) >= 11 is 6.32. The van der Waals surface area contributed by atoms with Crippen molar-refractivity contribution >= 4 is 23.3 Å². The zero-order chi connectivity index (χ0) is 20.1. The molecule has 150 valence electrons. The van der Waals surface area contributed by atoms with Gasteiger partial charge in [-0.2, -0.15) is 0 Å². The molecule has 4 unspecified atom stereocenters. The fraction of sp³-hybridized carbons (Fsp3) is 0.364. The minimum Gasteiger partial charge on any atom is -0.508 e. The predicted octanol–water partition coefficient (Wildman–Crippen LogP) is 3.70. The first kappa shape index (κ1) is 18.3. The van der Waals surface area contributed by atoms with Crippen LogP contribution in [0.2, 0.25) is 0 Å². The van der Waals surface area contributed by atoms with Crippen LogP contribution in [0.5, 0.6) is 5.75 Å². The Morgan fingerprint density at radius 3 is 2.79 bits per heavy atom. The third-order valence-electron chi connectivity index (χ3n) is 5.97. The van der Waals surface area contributed by atoms with Crippen LogP contribution in [-0.4, -0.2) is 33.2 Å². The molecule has 1 saturated carbocycles. The summed E-state index contributed by atoms with van der Waals surface area (Å²) in [6.45, 7) is 0.198. The number of benzene rings is 1. The number of carbonyl (C=O) groups excluding carboxylic acids is 2. The average molecular weight is 414 g/mol. The lowest BCUT2D eigenvalue weighted by atomic mass is 9.77. The van der Waals surface area contributed by atoms with Gasteiger partial charge < -0.3 is 19.2 Å². The van der Waals surface area contributed by atoms with Crippen LogP contribution in [-0.2, 0) is 20.9 Å². The summed E-state index contributed by atoms with van der Waals surface area (Å²) in [6, 6.07) is 9.53. The summed E-state index contributed by atoms with van der Waals surface area (Å²) in [7, 11) is 0. The van der Waals surface area contributed by atoms with Crippen LogP contribution in [0.4, 0.5) is 0 Å². The quantitative estimate of drug-likeness (QED) is 0.776. The zero-order valence-corrected chi connectivity index (χ0v) is 16.3. The van der Waals surface area contributed by atoms with Gasteiger partial charge in [0.05, 0.1) is 30.3 Å². The molecule has 7 heteroatoms. The number of ether oxygens (including phenoxy) is 1. The molecule has 1 fully saturated rings. The van der Waals surface area contributed by atoms with Crippen molar-refractivity contribution in [3.8, 4) is 5.75 Å². The maximum absolute atomic E-state index is 13.5. The number of halogens is 1. The molecule has 1 N–H and O–H groups in total. The molecular formula is C22H20ClNO5. The first-order valence-corrected chi connectivity index (χ1v) is 10.2. The van der Waals surface area contributed by atoms with Crippen LogP contribution in [0, 0.1) is 5.92 Å². The third-order valence-corrected chi connectivity index (χ3v) is 6.37. The van der Waals surface area contributed by atoms with Gasteiger partial charge in [0.1, 0.15) is 17.6 Å². The second-order valence-corrected chi connectivity index (χ2v) is 8.41. The Morgan fingerprint density at radius 1 is 1.17 bits per heavy atom. The summed E-state index contributed by atoms with van der Waals surface area (Å²) in [5.41, 5.74) is 1.02. The van der Waals surface area contributed by atoms with E-state index in [0.717, 1.165) is 6.42 Å². The highest BCUT2D eigenvalue weighted by atomic mass is 35.5. The number of phenols is 1. The molecule has 0 spiro atoms. The largest absolute Gasteiger partial charge is 0.508 e. The number of Topliss-reactive ketones (excluding diaryl/α,β-unsaturated/α-hetero) is 1. The number of ketones is 1. The molecule has 1 amide bonds. The molecular weight excluding hydrogens is 394 g/mol. The molecule has 3 heterocycles. The van der Waals surface area contributed by atoms with Crippen molar-refractivity contribution in [1.82, 2.24) is 4.90 Å². The van der Waals surface area contributed by atoms with Gasteiger partial charge in [0.15, 0.2) is 11.5 Å². The summed E-state index contributed by atoms with van der Waals surface area (Å²) in [6.07, 6.45) is 3.20. The topological polar surface area (TPSA) is 80.0 Å². The highest BCUT2D eigenvalue weighted by Gasteiger charge is 2.52. The van der Waals surface area contributed by atoms with E-state index in [-0.39, 0.29) is 47.1 Å². The lowest BCUT2D eigenvalue weighted by Gasteiger charge is -2.37. The number of phenolic OH excluding ortho intramolecular Hbond substituents is 1. The molecule has 1 aliphatic carbocycles. The monoisotopic (exact) mass is 413 g/mol. The lowest BCUT2D eigenvalue weighted by molar-refractivity contribution is -0.135. The van der Waals surface area contributed by atoms with E-state index in [4.69, 9.17) is 20.8 Å². The van der Waals surface area contributed by atoms with Crippen LogP contribution in [0.1, 0.15) is 36.6 Å². The molecule has 0 bridgehead atoms. The van der Waals surface area contributed by atoms with Gasteiger partial charge in [-0.25, -0.2) is 0 Å². The smallest absolute Gasteiger partial charge is 0.290 e. The number of carbonyl (C=O) groups is 2. The fourth-order valence-corrected chi connectivity index (χ4v) is 4.96. The SMILES string of the molecule is O=C1C2=C(OC3CCC(Cl)CC13)C(=O)N(Cc1ccco1)C2c1cccc(O)c1. The molecule has 29 heavy (non-hydrogen) atoms. The minimum absolute atomic E-state index is 0.0681. The summed E-state index contributed by atoms with van der Waals surface area (Å²) in [5, 5.41) is 9.93. The molecule has 1 aromatic heterocycles. The van der Waals surface area contributed by atoms with E-state index in [9.17, 15) is 14.7 Å². The van der Waals surface area contributed by atoms with Crippen molar-refractivity contribution in [2.45, 2.75) is 43.3 Å². The number of hydrogen-bond acceptors (Lipinski definition) is 5. The van der Waals surface area contributed by atoms with Crippen molar-refractivity contribution < 1.29 is 23.8 Å². The van der Waals surface area contributed by atoms with E-state index < -0.39 is 6.04 Å². The van der Waals surface area contributed by atoms with E-state index in [1.807, 2.05) is 0 Å². The Labute approximate surface area is 172 Å². The molecule has 6 nitrogen and oxygen atoms in total. The van der Waals surface area contributed by atoms with Crippen LogP contribution in [0.3, 0.4) is 0 Å². The molecule has 1 aromatic carbocycles. The second kappa shape index (κ2) is 6.95. The number of nitrogens with zero attached hydrogens (tertiary/aromatic N) is 1. The number of alkyl halides is 1. The molecule has 3 aliphatic rings. The van der Waals surface area contributed by atoms with Gasteiger partial charge in [-0.1, -0.05) is 12.1 Å². The molecule has 2 aliphatic heterocycles. The van der Waals surface area contributed by atoms with Gasteiger partial charge in [0, 0.05) is 5.38 Å². The van der Waals surface area contributed by atoms with Crippen LogP contribution >= 0.6 is 11.6 Å². The van der Waals surface area contributed by atoms with E-state index in [1.54, 1.807) is 47.6 Å². The summed E-state index contributed by atoms with van der Waals surface area (Å²) in [4.78, 5) is 28.3. The van der Waals surface area contributed by atoms with Crippen molar-refractivity contribution in [2.24, 2.45) is 5.92 Å². The first-order valence-electron chi connectivity index (χ1n) is 9.74. The number of aromatic hydroxyl groups is 1. The number of hydrogen-bond donors (Lipinski definition) is 1. The molecule has 0 radical (unpaired) electrons. The molecule has 5 rings (SSSR count). The Hall–Kier alpha value is -2.73. The van der Waals surface area contributed by atoms with Gasteiger partial charge in [-0.3, -0.25) is 9.59 Å². The minimum atomic E-state index is -0.640. The van der Waals surface area contributed by atoms with Crippen molar-refractivity contribution in [3.05, 3.63) is 65.3 Å². The standard InChI is InChI=1S/C22H20ClNO5/c23-13-6-7-17-16(10-13)20(26)18-19(12-3-1-4-14(25)9-12)24(22(27)21(18)29-17)11-15-5-2-8-28-15/h1-5,8-9,13,16-17,19,25H,6-7,10-11H2. The van der Waals surface area contributed by atoms with Gasteiger partial charge in [0.25, 0.3) is 5.91 Å². The van der Waals surface area contributed by atoms with Crippen molar-refractivity contribution in [3.63, 3.8) is 0 Å². The maximum Gasteiger partial charge on any atom is 0.290 e. The molecule has 2 aromatic rings. The number of rotatable bonds is 3. The fourth-order valence-electron chi connectivity index (χ4n) is 4.64. The van der Waals surface area contributed by atoms with Gasteiger partial charge in [0.2, 0.25) is 0 Å². The normalized spacial score (nSPS) is 28.9. The highest BCUT2D eigenvalue weighted by Crippen LogP contribution is 2.48. The number of fused-ring (bicyclic) bond motifs is 1. The third kappa shape index (κ3) is 3.02. The van der Waals surface area contributed by atoms with Gasteiger partial charge in [-0.15, -0.1) is 11.6 Å². The van der Waals surface area contributed by atoms with E-state index in [0.29, 0.717) is 29.7 Å². The second-order valence-electron chi connectivity index (χ2n) is 7.79. The Morgan fingerprint density at radius 2 is 2.03 bits per heavy atom. The zero-order valence-electron chi connectivity index (χ0n) is 15.6. The average Bonchev–Trinajstić information content (AvgIpc) is 3.31. The Balaban J connectivity index is 1.59. The number of amides is 1. The van der Waals surface area contributed by atoms with Crippen LogP contribution in [0.15, 0.2) is 58.4 Å². The highest BCUT2D eigenvalue weighted by molar-refractivity contribution is 6.21. The van der Waals surface area contributed by atoms with Gasteiger partial charge >= 0.3 is 0 Å². The van der Waals surface area contributed by atoms with E-state index in [1.165, 1.54) is 0 Å². The Kier molecular flexibility index (Phi) is 4.39. The van der Waals surface area contributed by atoms with E-state index >= 15 is 0 Å². The van der Waals surface area contributed by atoms with Crippen LogP contribution in [0.25, 0.3) is 0 Å². The van der Waals surface area contributed by atoms with Gasteiger partial charge in [-0.05, 0) is 49.1 Å². The van der Waals surface area contributed by atoms with Crippen LogP contribution < -0.4 is 0 Å². The maximum atomic E-state index is 13.5. The summed E-state index contributed by atoms with van der Waals surface area (Å²) < 4.78 is 11.5. The Bertz CT molecular complexity index is 998. The lowest BCUT2D eigenvalue weighted by Crippen LogP contribution is -2.41. The van der Waals surface area contributed by atoms with E-state index in [2.05, 4.69) is 0 Å².